The van der Waals surface area contributed by atoms with Gasteiger partial charge in [-0.1, -0.05) is 34.5 Å². The van der Waals surface area contributed by atoms with Gasteiger partial charge in [-0.15, -0.1) is 0 Å². The third-order valence-corrected chi connectivity index (χ3v) is 6.91. The molecule has 0 spiro atoms. The molecule has 0 unspecified atom stereocenters. The molecule has 0 aliphatic rings. The van der Waals surface area contributed by atoms with E-state index in [1.165, 1.54) is 59.9 Å². The summed E-state index contributed by atoms with van der Waals surface area (Å²) in [7, 11) is -3.76. The summed E-state index contributed by atoms with van der Waals surface area (Å²) in [5.41, 5.74) is 1.43. The normalized spacial score (nSPS) is 11.4. The van der Waals surface area contributed by atoms with Crippen molar-refractivity contribution >= 4 is 71.5 Å². The smallest absolute Gasteiger partial charge is 0.261 e. The Bertz CT molecular complexity index is 1340. The number of carbonyl (C=O) groups is 1. The molecule has 10 heteroatoms. The van der Waals surface area contributed by atoms with E-state index in [1.54, 1.807) is 18.2 Å². The van der Waals surface area contributed by atoms with Crippen LogP contribution in [0.3, 0.4) is 0 Å². The van der Waals surface area contributed by atoms with E-state index < -0.39 is 10.0 Å². The molecule has 1 aromatic heterocycles. The van der Waals surface area contributed by atoms with Crippen LogP contribution in [0.4, 0.5) is 10.8 Å². The number of nitrogens with one attached hydrogen (secondary N) is 2. The molecule has 6 nitrogen and oxygen atoms in total. The Morgan fingerprint density at radius 1 is 0.900 bits per heavy atom. The first kappa shape index (κ1) is 20.6. The highest BCUT2D eigenvalue weighted by atomic mass is 35.5. The van der Waals surface area contributed by atoms with Gasteiger partial charge in [-0.05, 0) is 66.7 Å². The third-order valence-electron chi connectivity index (χ3n) is 4.09. The van der Waals surface area contributed by atoms with Gasteiger partial charge in [0.25, 0.3) is 15.9 Å². The number of aromatic nitrogens is 1. The molecule has 4 rings (SSSR count). The first-order chi connectivity index (χ1) is 14.3. The minimum Gasteiger partial charge on any atom is -0.298 e. The number of rotatable bonds is 5. The molecule has 4 aromatic rings. The number of sulfonamides is 1. The van der Waals surface area contributed by atoms with Gasteiger partial charge in [-0.3, -0.25) is 14.8 Å². The van der Waals surface area contributed by atoms with E-state index >= 15 is 0 Å². The summed E-state index contributed by atoms with van der Waals surface area (Å²) in [6, 6.07) is 17.2. The highest BCUT2D eigenvalue weighted by Gasteiger charge is 2.15. The van der Waals surface area contributed by atoms with E-state index in [4.69, 9.17) is 23.2 Å². The van der Waals surface area contributed by atoms with Crippen molar-refractivity contribution < 1.29 is 13.2 Å². The molecular formula is C20H13Cl2N3O3S2. The summed E-state index contributed by atoms with van der Waals surface area (Å²) in [6.07, 6.45) is 0. The minimum absolute atomic E-state index is 0.0876. The van der Waals surface area contributed by atoms with Crippen LogP contribution in [-0.4, -0.2) is 19.3 Å². The lowest BCUT2D eigenvalue weighted by Crippen LogP contribution is -2.14. The van der Waals surface area contributed by atoms with Crippen LogP contribution >= 0.6 is 34.5 Å². The highest BCUT2D eigenvalue weighted by molar-refractivity contribution is 7.92. The van der Waals surface area contributed by atoms with E-state index in [1.807, 2.05) is 0 Å². The molecule has 1 heterocycles. The van der Waals surface area contributed by atoms with Gasteiger partial charge in [-0.2, -0.15) is 0 Å². The van der Waals surface area contributed by atoms with Crippen LogP contribution in [0.15, 0.2) is 71.6 Å². The second-order valence-corrected chi connectivity index (χ2v) is 9.81. The molecule has 0 saturated carbocycles. The van der Waals surface area contributed by atoms with Crippen molar-refractivity contribution in [1.82, 2.24) is 4.98 Å². The number of carbonyl (C=O) groups excluding carboxylic acids is 1. The fraction of sp³-hybridized carbons (Fsp3) is 0. The largest absolute Gasteiger partial charge is 0.298 e. The lowest BCUT2D eigenvalue weighted by atomic mass is 10.2. The minimum atomic E-state index is -3.76. The summed E-state index contributed by atoms with van der Waals surface area (Å²) in [5.74, 6) is -0.354. The molecule has 0 saturated heterocycles. The molecule has 1 amide bonds. The van der Waals surface area contributed by atoms with Gasteiger partial charge in [0.05, 0.1) is 15.1 Å². The van der Waals surface area contributed by atoms with Crippen molar-refractivity contribution in [2.75, 3.05) is 10.0 Å². The van der Waals surface area contributed by atoms with Crippen LogP contribution in [0.25, 0.3) is 10.2 Å². The number of anilines is 2. The number of thiazole rings is 1. The fourth-order valence-corrected chi connectivity index (χ4v) is 4.96. The first-order valence-corrected chi connectivity index (χ1v) is 11.6. The highest BCUT2D eigenvalue weighted by Crippen LogP contribution is 2.28. The van der Waals surface area contributed by atoms with Crippen LogP contribution < -0.4 is 10.0 Å². The Balaban J connectivity index is 1.47. The van der Waals surface area contributed by atoms with E-state index in [2.05, 4.69) is 15.0 Å². The van der Waals surface area contributed by atoms with Crippen molar-refractivity contribution in [3.63, 3.8) is 0 Å². The molecule has 2 N–H and O–H groups in total. The van der Waals surface area contributed by atoms with Crippen LogP contribution in [0.1, 0.15) is 10.4 Å². The van der Waals surface area contributed by atoms with Gasteiger partial charge in [0, 0.05) is 21.3 Å². The molecule has 0 radical (unpaired) electrons. The zero-order chi connectivity index (χ0) is 21.3. The van der Waals surface area contributed by atoms with Crippen LogP contribution in [0.5, 0.6) is 0 Å². The molecule has 0 aliphatic carbocycles. The predicted octanol–water partition coefficient (Wildman–Crippen LogP) is 5.66. The maximum Gasteiger partial charge on any atom is 0.261 e. The number of fused-ring (bicyclic) bond motifs is 1. The van der Waals surface area contributed by atoms with Crippen molar-refractivity contribution in [2.24, 2.45) is 0 Å². The number of nitrogens with zero attached hydrogens (tertiary/aromatic N) is 1. The lowest BCUT2D eigenvalue weighted by molar-refractivity contribution is 0.102. The third kappa shape index (κ3) is 4.57. The number of hydrogen-bond donors (Lipinski definition) is 2. The molecular weight excluding hydrogens is 465 g/mol. The zero-order valence-electron chi connectivity index (χ0n) is 15.1. The van der Waals surface area contributed by atoms with Gasteiger partial charge < -0.3 is 0 Å². The molecule has 0 fully saturated rings. The fourth-order valence-electron chi connectivity index (χ4n) is 2.64. The lowest BCUT2D eigenvalue weighted by Gasteiger charge is -2.09. The van der Waals surface area contributed by atoms with Gasteiger partial charge in [0.2, 0.25) is 0 Å². The van der Waals surface area contributed by atoms with Crippen molar-refractivity contribution in [3.8, 4) is 0 Å². The van der Waals surface area contributed by atoms with Gasteiger partial charge in [0.1, 0.15) is 0 Å². The Kier molecular flexibility index (Phi) is 5.66. The predicted molar refractivity (Wildman–Crippen MR) is 121 cm³/mol. The second kappa shape index (κ2) is 8.23. The summed E-state index contributed by atoms with van der Waals surface area (Å²) in [5, 5.41) is 4.23. The van der Waals surface area contributed by atoms with Crippen molar-refractivity contribution in [3.05, 3.63) is 82.3 Å². The standard InChI is InChI=1S/C20H13Cl2N3O3S2/c21-13-3-8-16(9-4-13)30(27,28)25-15-6-1-12(2-7-15)19(26)24-20-23-17-10-5-14(22)11-18(17)29-20/h1-11,25H,(H,23,24,26). The van der Waals surface area contributed by atoms with Gasteiger partial charge >= 0.3 is 0 Å². The van der Waals surface area contributed by atoms with Gasteiger partial charge in [0.15, 0.2) is 5.13 Å². The Labute approximate surface area is 186 Å². The second-order valence-electron chi connectivity index (χ2n) is 6.22. The first-order valence-electron chi connectivity index (χ1n) is 8.56. The molecule has 152 valence electrons. The molecule has 0 atom stereocenters. The summed E-state index contributed by atoms with van der Waals surface area (Å²) in [4.78, 5) is 16.9. The maximum atomic E-state index is 12.5. The Morgan fingerprint density at radius 3 is 2.27 bits per heavy atom. The van der Waals surface area contributed by atoms with Crippen LogP contribution in [0.2, 0.25) is 10.0 Å². The summed E-state index contributed by atoms with van der Waals surface area (Å²) < 4.78 is 28.2. The van der Waals surface area contributed by atoms with Crippen molar-refractivity contribution in [2.45, 2.75) is 4.90 Å². The monoisotopic (exact) mass is 477 g/mol. The molecule has 30 heavy (non-hydrogen) atoms. The summed E-state index contributed by atoms with van der Waals surface area (Å²) >= 11 is 13.1. The van der Waals surface area contributed by atoms with Crippen LogP contribution in [-0.2, 0) is 10.0 Å². The quantitative estimate of drug-likeness (QED) is 0.388. The Hall–Kier alpha value is -2.65. The van der Waals surface area contributed by atoms with E-state index in [-0.39, 0.29) is 10.8 Å². The average Bonchev–Trinajstić information content (AvgIpc) is 3.09. The number of benzene rings is 3. The summed E-state index contributed by atoms with van der Waals surface area (Å²) in [6.45, 7) is 0. The topological polar surface area (TPSA) is 88.2 Å². The molecule has 0 bridgehead atoms. The van der Waals surface area contributed by atoms with Crippen molar-refractivity contribution in [1.29, 1.82) is 0 Å². The van der Waals surface area contributed by atoms with E-state index in [9.17, 15) is 13.2 Å². The van der Waals surface area contributed by atoms with E-state index in [0.29, 0.717) is 26.4 Å². The number of hydrogen-bond acceptors (Lipinski definition) is 5. The average molecular weight is 478 g/mol. The Morgan fingerprint density at radius 2 is 1.57 bits per heavy atom. The van der Waals surface area contributed by atoms with Crippen LogP contribution in [0, 0.1) is 0 Å². The molecule has 3 aromatic carbocycles. The maximum absolute atomic E-state index is 12.5. The van der Waals surface area contributed by atoms with Gasteiger partial charge in [-0.25, -0.2) is 13.4 Å². The molecule has 0 aliphatic heterocycles. The number of amides is 1. The van der Waals surface area contributed by atoms with E-state index in [0.717, 1.165) is 10.2 Å². The zero-order valence-corrected chi connectivity index (χ0v) is 18.2. The number of halogens is 2. The SMILES string of the molecule is O=C(Nc1nc2ccc(Cl)cc2s1)c1ccc(NS(=O)(=O)c2ccc(Cl)cc2)cc1.